The predicted octanol–water partition coefficient (Wildman–Crippen LogP) is 4.13. The van der Waals surface area contributed by atoms with E-state index in [2.05, 4.69) is 10.2 Å². The van der Waals surface area contributed by atoms with Gasteiger partial charge >= 0.3 is 0 Å². The number of rotatable bonds is 9. The van der Waals surface area contributed by atoms with Gasteiger partial charge < -0.3 is 23.5 Å². The van der Waals surface area contributed by atoms with Gasteiger partial charge in [0.15, 0.2) is 23.7 Å². The van der Waals surface area contributed by atoms with Crippen molar-refractivity contribution < 1.29 is 27.8 Å². The van der Waals surface area contributed by atoms with Crippen LogP contribution in [0.25, 0.3) is 0 Å². The van der Waals surface area contributed by atoms with Crippen LogP contribution in [0.5, 0.6) is 17.2 Å². The van der Waals surface area contributed by atoms with Crippen LogP contribution in [0, 0.1) is 5.82 Å². The Morgan fingerprint density at radius 2 is 1.97 bits per heavy atom. The van der Waals surface area contributed by atoms with Crippen molar-refractivity contribution in [2.24, 2.45) is 0 Å². The monoisotopic (exact) mass is 473 g/mol. The minimum atomic E-state index is -0.522. The number of carbonyl (C=O) groups excluding carboxylic acids is 1. The van der Waals surface area contributed by atoms with Crippen molar-refractivity contribution in [3.63, 3.8) is 0 Å². The number of fused-ring (bicyclic) bond motifs is 1. The van der Waals surface area contributed by atoms with Crippen molar-refractivity contribution in [3.05, 3.63) is 60.2 Å². The molecule has 3 aromatic rings. The number of ether oxygens (including phenoxy) is 3. The maximum absolute atomic E-state index is 13.0. The topological polar surface area (TPSA) is 86.9 Å². The number of para-hydroxylation sites is 2. The van der Waals surface area contributed by atoms with Gasteiger partial charge in [-0.15, -0.1) is 10.2 Å². The van der Waals surface area contributed by atoms with Crippen molar-refractivity contribution >= 4 is 17.7 Å². The number of thioether (sulfide) groups is 1. The Kier molecular flexibility index (Phi) is 7.33. The fraction of sp³-hybridized carbons (Fsp3) is 0.348. The molecule has 0 aliphatic carbocycles. The van der Waals surface area contributed by atoms with Crippen LogP contribution in [0.3, 0.4) is 0 Å². The lowest BCUT2D eigenvalue weighted by Crippen LogP contribution is -2.44. The van der Waals surface area contributed by atoms with Crippen molar-refractivity contribution in [3.8, 4) is 17.2 Å². The predicted molar refractivity (Wildman–Crippen MR) is 119 cm³/mol. The summed E-state index contributed by atoms with van der Waals surface area (Å²) < 4.78 is 36.0. The second kappa shape index (κ2) is 10.6. The summed E-state index contributed by atoms with van der Waals surface area (Å²) in [6.07, 6.45) is -0.764. The highest BCUT2D eigenvalue weighted by Crippen LogP contribution is 2.31. The van der Waals surface area contributed by atoms with Crippen LogP contribution in [0.1, 0.15) is 25.8 Å². The van der Waals surface area contributed by atoms with E-state index >= 15 is 0 Å². The third kappa shape index (κ3) is 5.95. The lowest BCUT2D eigenvalue weighted by Gasteiger charge is -2.30. The van der Waals surface area contributed by atoms with E-state index < -0.39 is 6.10 Å². The Labute approximate surface area is 195 Å². The minimum Gasteiger partial charge on any atom is -0.486 e. The van der Waals surface area contributed by atoms with E-state index in [1.165, 1.54) is 24.3 Å². The molecule has 0 unspecified atom stereocenters. The van der Waals surface area contributed by atoms with Gasteiger partial charge in [-0.2, -0.15) is 0 Å². The fourth-order valence-electron chi connectivity index (χ4n) is 3.23. The molecule has 33 heavy (non-hydrogen) atoms. The molecule has 1 aromatic heterocycles. The molecule has 2 aromatic carbocycles. The van der Waals surface area contributed by atoms with Crippen LogP contribution in [-0.2, 0) is 4.79 Å². The molecular weight excluding hydrogens is 449 g/mol. The van der Waals surface area contributed by atoms with Crippen molar-refractivity contribution in [2.75, 3.05) is 25.4 Å². The number of benzene rings is 2. The van der Waals surface area contributed by atoms with Gasteiger partial charge in [0.1, 0.15) is 18.2 Å². The van der Waals surface area contributed by atoms with E-state index in [1.807, 2.05) is 31.2 Å². The maximum atomic E-state index is 13.0. The Morgan fingerprint density at radius 1 is 1.21 bits per heavy atom. The molecule has 0 spiro atoms. The first kappa shape index (κ1) is 22.9. The molecule has 0 N–H and O–H groups in total. The van der Waals surface area contributed by atoms with Crippen LogP contribution in [0.15, 0.2) is 58.2 Å². The van der Waals surface area contributed by atoms with E-state index in [9.17, 15) is 9.18 Å². The quantitative estimate of drug-likeness (QED) is 0.429. The number of carbonyl (C=O) groups is 1. The molecule has 8 nitrogen and oxygen atoms in total. The van der Waals surface area contributed by atoms with Crippen LogP contribution >= 0.6 is 11.8 Å². The summed E-state index contributed by atoms with van der Waals surface area (Å²) in [5, 5.41) is 8.24. The molecule has 0 radical (unpaired) electrons. The van der Waals surface area contributed by atoms with Gasteiger partial charge in [0, 0.05) is 6.54 Å². The van der Waals surface area contributed by atoms with Gasteiger partial charge in [-0.1, -0.05) is 23.9 Å². The molecule has 2 atom stereocenters. The summed E-state index contributed by atoms with van der Waals surface area (Å²) in [6, 6.07) is 13.1. The molecule has 0 fully saturated rings. The highest BCUT2D eigenvalue weighted by Gasteiger charge is 2.25. The lowest BCUT2D eigenvalue weighted by atomic mass is 10.2. The average molecular weight is 474 g/mol. The zero-order valence-corrected chi connectivity index (χ0v) is 19.1. The first-order chi connectivity index (χ1) is 16.0. The normalized spacial score (nSPS) is 15.7. The summed E-state index contributed by atoms with van der Waals surface area (Å²) in [4.78, 5) is 14.5. The van der Waals surface area contributed by atoms with Gasteiger partial charge in [-0.25, -0.2) is 4.39 Å². The Morgan fingerprint density at radius 3 is 2.73 bits per heavy atom. The highest BCUT2D eigenvalue weighted by atomic mass is 32.2. The number of hydrogen-bond acceptors (Lipinski definition) is 8. The second-order valence-electron chi connectivity index (χ2n) is 7.34. The molecule has 1 amide bonds. The smallest absolute Gasteiger partial charge is 0.277 e. The molecule has 2 heterocycles. The number of aromatic nitrogens is 2. The summed E-state index contributed by atoms with van der Waals surface area (Å²) in [6.45, 7) is 5.01. The molecule has 0 saturated heterocycles. The van der Waals surface area contributed by atoms with Crippen LogP contribution in [-0.4, -0.2) is 52.6 Å². The molecular formula is C23H24FN3O5S. The van der Waals surface area contributed by atoms with E-state index in [4.69, 9.17) is 18.6 Å². The molecule has 10 heteroatoms. The Bertz CT molecular complexity index is 1080. The van der Waals surface area contributed by atoms with Crippen LogP contribution in [0.4, 0.5) is 4.39 Å². The standard InChI is InChI=1S/C23H24FN3O5S/c1-3-27(12-18-13-29-19-6-4-5-7-20(19)31-18)21(28)14-33-23-26-25-22(32-23)15(2)30-17-10-8-16(24)9-11-17/h4-11,15,18H,3,12-14H2,1-2H3/t15-,18-/m0/s1. The van der Waals surface area contributed by atoms with Crippen LogP contribution in [0.2, 0.25) is 0 Å². The number of likely N-dealkylation sites (N-methyl/N-ethyl adjacent to an activating group) is 1. The zero-order chi connectivity index (χ0) is 23.2. The van der Waals surface area contributed by atoms with E-state index in [-0.39, 0.29) is 34.7 Å². The Hall–Kier alpha value is -3.27. The summed E-state index contributed by atoms with van der Waals surface area (Å²) >= 11 is 1.16. The largest absolute Gasteiger partial charge is 0.486 e. The van der Waals surface area contributed by atoms with E-state index in [0.717, 1.165) is 11.8 Å². The SMILES string of the molecule is CCN(C[C@H]1COc2ccccc2O1)C(=O)CSc1nnc([C@H](C)Oc2ccc(F)cc2)o1. The van der Waals surface area contributed by atoms with Crippen molar-refractivity contribution in [2.45, 2.75) is 31.3 Å². The van der Waals surface area contributed by atoms with Gasteiger partial charge in [0.2, 0.25) is 5.91 Å². The molecule has 1 aliphatic heterocycles. The number of halogens is 1. The summed E-state index contributed by atoms with van der Waals surface area (Å²) in [5.74, 6) is 1.89. The third-order valence-electron chi connectivity index (χ3n) is 4.94. The van der Waals surface area contributed by atoms with E-state index in [1.54, 1.807) is 11.8 Å². The summed E-state index contributed by atoms with van der Waals surface area (Å²) in [7, 11) is 0. The number of nitrogens with zero attached hydrogens (tertiary/aromatic N) is 3. The lowest BCUT2D eigenvalue weighted by molar-refractivity contribution is -0.129. The van der Waals surface area contributed by atoms with E-state index in [0.29, 0.717) is 36.9 Å². The second-order valence-corrected chi connectivity index (χ2v) is 8.27. The highest BCUT2D eigenvalue weighted by molar-refractivity contribution is 7.99. The first-order valence-corrected chi connectivity index (χ1v) is 11.5. The number of amides is 1. The van der Waals surface area contributed by atoms with Gasteiger partial charge in [-0.05, 0) is 50.2 Å². The first-order valence-electron chi connectivity index (χ1n) is 10.6. The fourth-order valence-corrected chi connectivity index (χ4v) is 3.90. The zero-order valence-electron chi connectivity index (χ0n) is 18.3. The van der Waals surface area contributed by atoms with Gasteiger partial charge in [0.25, 0.3) is 11.1 Å². The molecule has 1 aliphatic rings. The third-order valence-corrected chi connectivity index (χ3v) is 5.74. The molecule has 174 valence electrons. The Balaban J connectivity index is 1.27. The van der Waals surface area contributed by atoms with Crippen molar-refractivity contribution in [1.82, 2.24) is 15.1 Å². The minimum absolute atomic E-state index is 0.0691. The molecule has 0 bridgehead atoms. The van der Waals surface area contributed by atoms with Gasteiger partial charge in [-0.3, -0.25) is 4.79 Å². The molecule has 4 rings (SSSR count). The number of hydrogen-bond donors (Lipinski definition) is 0. The maximum Gasteiger partial charge on any atom is 0.277 e. The average Bonchev–Trinajstić information content (AvgIpc) is 3.31. The van der Waals surface area contributed by atoms with Gasteiger partial charge in [0.05, 0.1) is 12.3 Å². The van der Waals surface area contributed by atoms with Crippen molar-refractivity contribution in [1.29, 1.82) is 0 Å². The van der Waals surface area contributed by atoms with Crippen LogP contribution < -0.4 is 14.2 Å². The molecule has 0 saturated carbocycles. The summed E-state index contributed by atoms with van der Waals surface area (Å²) in [5.41, 5.74) is 0.